The first-order valence-electron chi connectivity index (χ1n) is 4.22. The van der Waals surface area contributed by atoms with Gasteiger partial charge in [-0.25, -0.2) is 4.79 Å². The van der Waals surface area contributed by atoms with Crippen molar-refractivity contribution in [3.05, 3.63) is 41.0 Å². The van der Waals surface area contributed by atoms with Crippen molar-refractivity contribution in [3.63, 3.8) is 0 Å². The molecule has 1 aromatic carbocycles. The van der Waals surface area contributed by atoms with Gasteiger partial charge in [0.2, 0.25) is 0 Å². The monoisotopic (exact) mass is 266 g/mol. The largest absolute Gasteiger partial charge is 0.463 e. The number of hydrogen-bond acceptors (Lipinski definition) is 2. The molecule has 0 spiro atoms. The first kappa shape index (κ1) is 9.92. The van der Waals surface area contributed by atoms with Gasteiger partial charge in [-0.15, -0.1) is 0 Å². The molecule has 0 saturated carbocycles. The summed E-state index contributed by atoms with van der Waals surface area (Å²) in [4.78, 5) is 10.8. The lowest BCUT2D eigenvalue weighted by molar-refractivity contribution is 0.193. The van der Waals surface area contributed by atoms with E-state index in [4.69, 9.17) is 5.11 Å². The standard InChI is InChI=1S/C10H7BrN2O2/c11-8-3-1-7(2-4-8)9-5-6-12-13(9)10(14)15/h1-6H,(H,14,15). The molecule has 76 valence electrons. The van der Waals surface area contributed by atoms with Crippen LogP contribution in [0.2, 0.25) is 0 Å². The number of carbonyl (C=O) groups is 1. The third kappa shape index (κ3) is 1.92. The zero-order valence-electron chi connectivity index (χ0n) is 7.59. The first-order chi connectivity index (χ1) is 7.18. The van der Waals surface area contributed by atoms with E-state index < -0.39 is 6.09 Å². The second-order valence-corrected chi connectivity index (χ2v) is 3.83. The maximum Gasteiger partial charge on any atom is 0.432 e. The molecule has 1 N–H and O–H groups in total. The summed E-state index contributed by atoms with van der Waals surface area (Å²) in [5.74, 6) is 0. The second kappa shape index (κ2) is 3.86. The van der Waals surface area contributed by atoms with Gasteiger partial charge in [-0.05, 0) is 18.2 Å². The van der Waals surface area contributed by atoms with Gasteiger partial charge < -0.3 is 5.11 Å². The van der Waals surface area contributed by atoms with E-state index in [1.165, 1.54) is 6.20 Å². The van der Waals surface area contributed by atoms with Crippen LogP contribution in [-0.4, -0.2) is 21.0 Å². The highest BCUT2D eigenvalue weighted by atomic mass is 79.9. The molecule has 4 nitrogen and oxygen atoms in total. The van der Waals surface area contributed by atoms with Gasteiger partial charge in [0.15, 0.2) is 0 Å². The van der Waals surface area contributed by atoms with E-state index in [-0.39, 0.29) is 0 Å². The number of benzene rings is 1. The summed E-state index contributed by atoms with van der Waals surface area (Å²) < 4.78 is 1.90. The Morgan fingerprint density at radius 2 is 1.93 bits per heavy atom. The van der Waals surface area contributed by atoms with Crippen molar-refractivity contribution >= 4 is 22.0 Å². The minimum atomic E-state index is -1.09. The maximum atomic E-state index is 10.8. The number of carboxylic acid groups (broad SMARTS) is 1. The second-order valence-electron chi connectivity index (χ2n) is 2.92. The third-order valence-corrected chi connectivity index (χ3v) is 2.49. The molecule has 0 amide bonds. The SMILES string of the molecule is O=C(O)n1nccc1-c1ccc(Br)cc1. The lowest BCUT2D eigenvalue weighted by atomic mass is 10.1. The van der Waals surface area contributed by atoms with Crippen molar-refractivity contribution in [2.24, 2.45) is 0 Å². The van der Waals surface area contributed by atoms with Crippen LogP contribution >= 0.6 is 15.9 Å². The number of nitrogens with zero attached hydrogens (tertiary/aromatic N) is 2. The van der Waals surface area contributed by atoms with Gasteiger partial charge in [0.05, 0.1) is 11.9 Å². The molecule has 0 aliphatic rings. The Morgan fingerprint density at radius 3 is 2.53 bits per heavy atom. The molecule has 0 fully saturated rings. The predicted molar refractivity (Wildman–Crippen MR) is 58.8 cm³/mol. The van der Waals surface area contributed by atoms with Gasteiger partial charge >= 0.3 is 6.09 Å². The van der Waals surface area contributed by atoms with Crippen molar-refractivity contribution in [1.82, 2.24) is 9.78 Å². The highest BCUT2D eigenvalue weighted by molar-refractivity contribution is 9.10. The molecule has 0 unspecified atom stereocenters. The van der Waals surface area contributed by atoms with Crippen molar-refractivity contribution in [1.29, 1.82) is 0 Å². The van der Waals surface area contributed by atoms with Crippen LogP contribution in [-0.2, 0) is 0 Å². The van der Waals surface area contributed by atoms with Crippen LogP contribution in [0.15, 0.2) is 41.0 Å². The molecule has 2 aromatic rings. The summed E-state index contributed by atoms with van der Waals surface area (Å²) in [6, 6.07) is 9.04. The minimum Gasteiger partial charge on any atom is -0.463 e. The van der Waals surface area contributed by atoms with Gasteiger partial charge in [0, 0.05) is 10.0 Å². The van der Waals surface area contributed by atoms with Crippen molar-refractivity contribution < 1.29 is 9.90 Å². The molecule has 15 heavy (non-hydrogen) atoms. The lowest BCUT2D eigenvalue weighted by Gasteiger charge is -2.02. The quantitative estimate of drug-likeness (QED) is 0.864. The van der Waals surface area contributed by atoms with Crippen LogP contribution in [0.1, 0.15) is 0 Å². The van der Waals surface area contributed by atoms with Crippen LogP contribution in [0, 0.1) is 0 Å². The van der Waals surface area contributed by atoms with Gasteiger partial charge in [-0.2, -0.15) is 9.78 Å². The zero-order valence-corrected chi connectivity index (χ0v) is 9.18. The molecular formula is C10H7BrN2O2. The molecule has 0 saturated heterocycles. The third-order valence-electron chi connectivity index (χ3n) is 1.96. The number of rotatable bonds is 1. The number of halogens is 1. The van der Waals surface area contributed by atoms with Crippen LogP contribution in [0.25, 0.3) is 11.3 Å². The van der Waals surface area contributed by atoms with E-state index in [2.05, 4.69) is 21.0 Å². The van der Waals surface area contributed by atoms with Crippen molar-refractivity contribution in [2.45, 2.75) is 0 Å². The Hall–Kier alpha value is -1.62. The normalized spacial score (nSPS) is 10.2. The topological polar surface area (TPSA) is 55.1 Å². The summed E-state index contributed by atoms with van der Waals surface area (Å²) in [7, 11) is 0. The van der Waals surface area contributed by atoms with E-state index in [0.29, 0.717) is 5.69 Å². The maximum absolute atomic E-state index is 10.8. The Balaban J connectivity index is 2.49. The fourth-order valence-corrected chi connectivity index (χ4v) is 1.56. The molecule has 5 heteroatoms. The highest BCUT2D eigenvalue weighted by Crippen LogP contribution is 2.21. The van der Waals surface area contributed by atoms with E-state index in [9.17, 15) is 4.79 Å². The lowest BCUT2D eigenvalue weighted by Crippen LogP contribution is -2.10. The average molecular weight is 267 g/mol. The molecule has 1 aromatic heterocycles. The zero-order chi connectivity index (χ0) is 10.8. The average Bonchev–Trinajstić information content (AvgIpc) is 2.67. The fourth-order valence-electron chi connectivity index (χ4n) is 1.29. The molecular weight excluding hydrogens is 260 g/mol. The fraction of sp³-hybridized carbons (Fsp3) is 0. The Bertz CT molecular complexity index is 490. The van der Waals surface area contributed by atoms with E-state index >= 15 is 0 Å². The van der Waals surface area contributed by atoms with Crippen LogP contribution in [0.3, 0.4) is 0 Å². The van der Waals surface area contributed by atoms with Crippen LogP contribution in [0.4, 0.5) is 4.79 Å². The highest BCUT2D eigenvalue weighted by Gasteiger charge is 2.10. The smallest absolute Gasteiger partial charge is 0.432 e. The predicted octanol–water partition coefficient (Wildman–Crippen LogP) is 2.84. The van der Waals surface area contributed by atoms with Crippen LogP contribution < -0.4 is 0 Å². The van der Waals surface area contributed by atoms with E-state index in [0.717, 1.165) is 14.7 Å². The Kier molecular flexibility index (Phi) is 2.55. The molecule has 0 aliphatic heterocycles. The summed E-state index contributed by atoms with van der Waals surface area (Å²) in [5, 5.41) is 12.6. The molecule has 0 aliphatic carbocycles. The first-order valence-corrected chi connectivity index (χ1v) is 5.01. The summed E-state index contributed by atoms with van der Waals surface area (Å²) >= 11 is 3.32. The van der Waals surface area contributed by atoms with Gasteiger partial charge in [0.25, 0.3) is 0 Å². The minimum absolute atomic E-state index is 0.565. The van der Waals surface area contributed by atoms with Crippen molar-refractivity contribution in [2.75, 3.05) is 0 Å². The Labute approximate surface area is 94.3 Å². The van der Waals surface area contributed by atoms with Gasteiger partial charge in [0.1, 0.15) is 0 Å². The number of hydrogen-bond donors (Lipinski definition) is 1. The van der Waals surface area contributed by atoms with Gasteiger partial charge in [-0.3, -0.25) is 0 Å². The molecule has 0 bridgehead atoms. The van der Waals surface area contributed by atoms with Gasteiger partial charge in [-0.1, -0.05) is 28.1 Å². The summed E-state index contributed by atoms with van der Waals surface area (Å²) in [6.45, 7) is 0. The summed E-state index contributed by atoms with van der Waals surface area (Å²) in [5.41, 5.74) is 1.38. The van der Waals surface area contributed by atoms with Crippen LogP contribution in [0.5, 0.6) is 0 Å². The molecule has 0 radical (unpaired) electrons. The molecule has 2 rings (SSSR count). The van der Waals surface area contributed by atoms with Crippen molar-refractivity contribution in [3.8, 4) is 11.3 Å². The Morgan fingerprint density at radius 1 is 1.27 bits per heavy atom. The number of aromatic nitrogens is 2. The molecule has 0 atom stereocenters. The summed E-state index contributed by atoms with van der Waals surface area (Å²) in [6.07, 6.45) is 0.379. The molecule has 1 heterocycles. The van der Waals surface area contributed by atoms with E-state index in [1.54, 1.807) is 6.07 Å². The van der Waals surface area contributed by atoms with E-state index in [1.807, 2.05) is 24.3 Å².